The first-order chi connectivity index (χ1) is 11.8. The molecule has 7 heteroatoms. The molecule has 0 radical (unpaired) electrons. The summed E-state index contributed by atoms with van der Waals surface area (Å²) in [6, 6.07) is 0.162. The van der Waals surface area contributed by atoms with Gasteiger partial charge in [0.1, 0.15) is 10.7 Å². The third kappa shape index (κ3) is 3.35. The standard InChI is InChI=1S/C18H26N4O2S/c1-11-12(2)25-17-16(11)18(24)22(13(3)19-17)14-6-8-21(9-7-14)10-15(23)20(4)5/h14H,6-10H2,1-5H3. The average molecular weight is 362 g/mol. The fourth-order valence-corrected chi connectivity index (χ4v) is 4.57. The Bertz CT molecular complexity index is 860. The van der Waals surface area contributed by atoms with Crippen molar-refractivity contribution in [1.82, 2.24) is 19.4 Å². The van der Waals surface area contributed by atoms with Gasteiger partial charge in [-0.3, -0.25) is 19.1 Å². The van der Waals surface area contributed by atoms with Crippen molar-refractivity contribution in [1.29, 1.82) is 0 Å². The second-order valence-electron chi connectivity index (χ2n) is 7.09. The number of likely N-dealkylation sites (tertiary alicyclic amines) is 1. The lowest BCUT2D eigenvalue weighted by Gasteiger charge is -2.33. The zero-order valence-electron chi connectivity index (χ0n) is 15.6. The number of rotatable bonds is 3. The smallest absolute Gasteiger partial charge is 0.262 e. The fourth-order valence-electron chi connectivity index (χ4n) is 3.51. The highest BCUT2D eigenvalue weighted by molar-refractivity contribution is 7.18. The highest BCUT2D eigenvalue weighted by Crippen LogP contribution is 2.28. The van der Waals surface area contributed by atoms with Gasteiger partial charge in [-0.2, -0.15) is 0 Å². The van der Waals surface area contributed by atoms with E-state index in [1.54, 1.807) is 30.3 Å². The van der Waals surface area contributed by atoms with Gasteiger partial charge in [-0.05, 0) is 39.2 Å². The lowest BCUT2D eigenvalue weighted by Crippen LogP contribution is -2.43. The van der Waals surface area contributed by atoms with Crippen molar-refractivity contribution in [3.63, 3.8) is 0 Å². The summed E-state index contributed by atoms with van der Waals surface area (Å²) in [6.45, 7) is 8.08. The number of nitrogens with zero attached hydrogens (tertiary/aromatic N) is 4. The predicted molar refractivity (Wildman–Crippen MR) is 101 cm³/mol. The number of thiophene rings is 1. The first kappa shape index (κ1) is 18.1. The van der Waals surface area contributed by atoms with Crippen LogP contribution >= 0.6 is 11.3 Å². The maximum absolute atomic E-state index is 13.1. The maximum atomic E-state index is 13.1. The van der Waals surface area contributed by atoms with Crippen molar-refractivity contribution in [2.45, 2.75) is 39.7 Å². The Morgan fingerprint density at radius 1 is 1.24 bits per heavy atom. The normalized spacial score (nSPS) is 16.5. The summed E-state index contributed by atoms with van der Waals surface area (Å²) in [4.78, 5) is 35.5. The zero-order chi connectivity index (χ0) is 18.3. The Labute approximate surface area is 152 Å². The number of carbonyl (C=O) groups excluding carboxylic acids is 1. The van der Waals surface area contributed by atoms with Crippen LogP contribution in [0.2, 0.25) is 0 Å². The second kappa shape index (κ2) is 6.88. The van der Waals surface area contributed by atoms with E-state index >= 15 is 0 Å². The van der Waals surface area contributed by atoms with Gasteiger partial charge < -0.3 is 4.90 Å². The van der Waals surface area contributed by atoms with Crippen molar-refractivity contribution < 1.29 is 4.79 Å². The van der Waals surface area contributed by atoms with E-state index < -0.39 is 0 Å². The van der Waals surface area contributed by atoms with Gasteiger partial charge in [0.15, 0.2) is 0 Å². The largest absolute Gasteiger partial charge is 0.348 e. The fraction of sp³-hybridized carbons (Fsp3) is 0.611. The van der Waals surface area contributed by atoms with Gasteiger partial charge in [-0.1, -0.05) is 0 Å². The van der Waals surface area contributed by atoms with Gasteiger partial charge in [-0.15, -0.1) is 11.3 Å². The summed E-state index contributed by atoms with van der Waals surface area (Å²) < 4.78 is 1.88. The molecule has 1 saturated heterocycles. The van der Waals surface area contributed by atoms with Crippen molar-refractivity contribution in [3.8, 4) is 0 Å². The molecule has 0 aliphatic carbocycles. The number of aromatic nitrogens is 2. The number of likely N-dealkylation sites (N-methyl/N-ethyl adjacent to an activating group) is 1. The minimum Gasteiger partial charge on any atom is -0.348 e. The van der Waals surface area contributed by atoms with Crippen LogP contribution in [0.1, 0.15) is 35.1 Å². The number of hydrogen-bond donors (Lipinski definition) is 0. The molecule has 25 heavy (non-hydrogen) atoms. The summed E-state index contributed by atoms with van der Waals surface area (Å²) in [7, 11) is 3.56. The summed E-state index contributed by atoms with van der Waals surface area (Å²) in [6.07, 6.45) is 1.74. The Hall–Kier alpha value is -1.73. The van der Waals surface area contributed by atoms with E-state index in [0.29, 0.717) is 6.54 Å². The van der Waals surface area contributed by atoms with Crippen LogP contribution in [0.25, 0.3) is 10.2 Å². The summed E-state index contributed by atoms with van der Waals surface area (Å²) in [5.74, 6) is 0.917. The van der Waals surface area contributed by atoms with E-state index in [2.05, 4.69) is 4.90 Å². The molecule has 6 nitrogen and oxygen atoms in total. The predicted octanol–water partition coefficient (Wildman–Crippen LogP) is 2.11. The van der Waals surface area contributed by atoms with E-state index in [4.69, 9.17) is 4.98 Å². The van der Waals surface area contributed by atoms with Crippen LogP contribution in [-0.4, -0.2) is 59.0 Å². The SMILES string of the molecule is Cc1sc2nc(C)n(C3CCN(CC(=O)N(C)C)CC3)c(=O)c2c1C. The maximum Gasteiger partial charge on any atom is 0.262 e. The summed E-state index contributed by atoms with van der Waals surface area (Å²) in [5, 5.41) is 0.776. The number of carbonyl (C=O) groups is 1. The van der Waals surface area contributed by atoms with Crippen LogP contribution in [0.5, 0.6) is 0 Å². The van der Waals surface area contributed by atoms with Crippen LogP contribution in [0.4, 0.5) is 0 Å². The van der Waals surface area contributed by atoms with Gasteiger partial charge >= 0.3 is 0 Å². The molecule has 1 aliphatic heterocycles. The minimum absolute atomic E-state index is 0.0900. The molecule has 3 heterocycles. The van der Waals surface area contributed by atoms with Crippen molar-refractivity contribution in [2.24, 2.45) is 0 Å². The van der Waals surface area contributed by atoms with Crippen LogP contribution < -0.4 is 5.56 Å². The van der Waals surface area contributed by atoms with Gasteiger partial charge in [0.2, 0.25) is 5.91 Å². The molecule has 2 aromatic rings. The van der Waals surface area contributed by atoms with Gasteiger partial charge in [-0.25, -0.2) is 4.98 Å². The van der Waals surface area contributed by atoms with E-state index in [9.17, 15) is 9.59 Å². The van der Waals surface area contributed by atoms with E-state index in [-0.39, 0.29) is 17.5 Å². The molecule has 0 spiro atoms. The Kier molecular flexibility index (Phi) is 4.97. The molecule has 0 atom stereocenters. The summed E-state index contributed by atoms with van der Waals surface area (Å²) in [5.41, 5.74) is 1.15. The molecular formula is C18H26N4O2S. The van der Waals surface area contributed by atoms with Crippen molar-refractivity contribution in [2.75, 3.05) is 33.7 Å². The molecular weight excluding hydrogens is 336 g/mol. The Morgan fingerprint density at radius 2 is 1.88 bits per heavy atom. The molecule has 1 fully saturated rings. The molecule has 3 rings (SSSR count). The molecule has 1 amide bonds. The highest BCUT2D eigenvalue weighted by Gasteiger charge is 2.26. The first-order valence-corrected chi connectivity index (χ1v) is 9.52. The van der Waals surface area contributed by atoms with Gasteiger partial charge in [0.05, 0.1) is 11.9 Å². The first-order valence-electron chi connectivity index (χ1n) is 8.71. The number of fused-ring (bicyclic) bond motifs is 1. The lowest BCUT2D eigenvalue weighted by atomic mass is 10.0. The van der Waals surface area contributed by atoms with Gasteiger partial charge in [0, 0.05) is 38.1 Å². The molecule has 0 unspecified atom stereocenters. The Balaban J connectivity index is 1.83. The van der Waals surface area contributed by atoms with E-state index in [1.165, 1.54) is 0 Å². The summed E-state index contributed by atoms with van der Waals surface area (Å²) >= 11 is 1.60. The Morgan fingerprint density at radius 3 is 2.48 bits per heavy atom. The molecule has 2 aromatic heterocycles. The van der Waals surface area contributed by atoms with Crippen LogP contribution in [0, 0.1) is 20.8 Å². The highest BCUT2D eigenvalue weighted by atomic mass is 32.1. The number of amides is 1. The van der Waals surface area contributed by atoms with Gasteiger partial charge in [0.25, 0.3) is 5.56 Å². The molecule has 136 valence electrons. The van der Waals surface area contributed by atoms with E-state index in [0.717, 1.165) is 52.4 Å². The van der Waals surface area contributed by atoms with Crippen LogP contribution in [0.3, 0.4) is 0 Å². The number of aryl methyl sites for hydroxylation is 3. The monoisotopic (exact) mass is 362 g/mol. The van der Waals surface area contributed by atoms with Crippen molar-refractivity contribution >= 4 is 27.5 Å². The second-order valence-corrected chi connectivity index (χ2v) is 8.30. The third-order valence-corrected chi connectivity index (χ3v) is 6.29. The number of piperidine rings is 1. The molecule has 0 saturated carbocycles. The van der Waals surface area contributed by atoms with Crippen LogP contribution in [0.15, 0.2) is 4.79 Å². The third-order valence-electron chi connectivity index (χ3n) is 5.19. The average Bonchev–Trinajstić information content (AvgIpc) is 2.83. The van der Waals surface area contributed by atoms with Crippen LogP contribution in [-0.2, 0) is 4.79 Å². The molecule has 0 N–H and O–H groups in total. The molecule has 0 aromatic carbocycles. The zero-order valence-corrected chi connectivity index (χ0v) is 16.4. The minimum atomic E-state index is 0.0900. The quantitative estimate of drug-likeness (QED) is 0.839. The molecule has 1 aliphatic rings. The molecule has 0 bridgehead atoms. The van der Waals surface area contributed by atoms with E-state index in [1.807, 2.05) is 25.3 Å². The lowest BCUT2D eigenvalue weighted by molar-refractivity contribution is -0.130. The number of hydrogen-bond acceptors (Lipinski definition) is 5. The topological polar surface area (TPSA) is 58.4 Å². The van der Waals surface area contributed by atoms with Crippen molar-refractivity contribution in [3.05, 3.63) is 26.6 Å².